The van der Waals surface area contributed by atoms with Crippen molar-refractivity contribution in [1.82, 2.24) is 5.32 Å². The minimum atomic E-state index is -5.12. The number of alkyl halides is 3. The molecule has 18 heavy (non-hydrogen) atoms. The van der Waals surface area contributed by atoms with Crippen molar-refractivity contribution in [2.75, 3.05) is 0 Å². The lowest BCUT2D eigenvalue weighted by molar-refractivity contribution is -0.175. The number of hydrogen-bond donors (Lipinski definition) is 2. The summed E-state index contributed by atoms with van der Waals surface area (Å²) >= 11 is 3.00. The summed E-state index contributed by atoms with van der Waals surface area (Å²) < 4.78 is 36.4. The summed E-state index contributed by atoms with van der Waals surface area (Å²) in [6, 6.07) is -1.68. The molecule has 102 valence electrons. The summed E-state index contributed by atoms with van der Waals surface area (Å²) in [5, 5.41) is 13.6. The summed E-state index contributed by atoms with van der Waals surface area (Å²) in [5.41, 5.74) is 0. The number of nitrogens with zero attached hydrogens (tertiary/aromatic N) is 1. The van der Waals surface area contributed by atoms with Gasteiger partial charge in [0.2, 0.25) is 0 Å². The highest BCUT2D eigenvalue weighted by molar-refractivity contribution is 9.18. The van der Waals surface area contributed by atoms with Crippen LogP contribution in [-0.4, -0.2) is 39.9 Å². The fourth-order valence-electron chi connectivity index (χ4n) is 1.24. The van der Waals surface area contributed by atoms with Crippen LogP contribution in [0.1, 0.15) is 12.8 Å². The molecule has 0 radical (unpaired) electrons. The molecule has 0 aromatic carbocycles. The van der Waals surface area contributed by atoms with Gasteiger partial charge in [0.05, 0.1) is 0 Å². The number of carbonyl (C=O) groups excluding carboxylic acids is 1. The predicted molar refractivity (Wildman–Crippen MR) is 56.1 cm³/mol. The Morgan fingerprint density at radius 2 is 2.22 bits per heavy atom. The minimum absolute atomic E-state index is 0.242. The zero-order valence-corrected chi connectivity index (χ0v) is 10.3. The van der Waals surface area contributed by atoms with Gasteiger partial charge in [0.1, 0.15) is 16.8 Å². The third kappa shape index (κ3) is 4.17. The second-order valence-corrected chi connectivity index (χ2v) is 4.41. The van der Waals surface area contributed by atoms with Gasteiger partial charge in [-0.05, 0) is 15.9 Å². The standard InChI is InChI=1S/C8H8BrF3N2O4/c9-5-2-3(18-14-5)1-4(6(15)16)13-7(17)8(10,11)12/h3-4H,1-2H2,(H,13,17)(H,15,16)/t3?,4-/m1/s1. The average Bonchev–Trinajstić information content (AvgIpc) is 2.61. The Bertz CT molecular complexity index is 385. The molecule has 1 rings (SSSR count). The van der Waals surface area contributed by atoms with E-state index in [2.05, 4.69) is 21.1 Å². The highest BCUT2D eigenvalue weighted by Crippen LogP contribution is 2.20. The number of halogens is 4. The van der Waals surface area contributed by atoms with Crippen molar-refractivity contribution < 1.29 is 32.7 Å². The van der Waals surface area contributed by atoms with Crippen LogP contribution in [-0.2, 0) is 14.4 Å². The molecule has 10 heteroatoms. The van der Waals surface area contributed by atoms with Crippen LogP contribution in [0.15, 0.2) is 5.16 Å². The Labute approximate surface area is 107 Å². The topological polar surface area (TPSA) is 88.0 Å². The molecule has 0 saturated heterocycles. The average molecular weight is 333 g/mol. The van der Waals surface area contributed by atoms with Gasteiger partial charge in [-0.25, -0.2) is 4.79 Å². The summed E-state index contributed by atoms with van der Waals surface area (Å²) in [4.78, 5) is 26.1. The molecular weight excluding hydrogens is 325 g/mol. The molecule has 0 saturated carbocycles. The maximum atomic E-state index is 12.0. The van der Waals surface area contributed by atoms with Crippen LogP contribution >= 0.6 is 15.9 Å². The number of carboxylic acid groups (broad SMARTS) is 1. The molecule has 0 aliphatic carbocycles. The van der Waals surface area contributed by atoms with Crippen LogP contribution in [0.25, 0.3) is 0 Å². The Morgan fingerprint density at radius 3 is 2.61 bits per heavy atom. The summed E-state index contributed by atoms with van der Waals surface area (Å²) in [6.45, 7) is 0. The van der Waals surface area contributed by atoms with Gasteiger partial charge in [-0.15, -0.1) is 0 Å². The number of nitrogens with one attached hydrogen (secondary N) is 1. The molecule has 0 aromatic heterocycles. The van der Waals surface area contributed by atoms with Gasteiger partial charge in [-0.1, -0.05) is 5.16 Å². The van der Waals surface area contributed by atoms with Crippen molar-refractivity contribution in [3.63, 3.8) is 0 Å². The summed E-state index contributed by atoms with van der Waals surface area (Å²) in [6.07, 6.45) is -5.88. The maximum Gasteiger partial charge on any atom is 0.471 e. The Morgan fingerprint density at radius 1 is 1.61 bits per heavy atom. The monoisotopic (exact) mass is 332 g/mol. The van der Waals surface area contributed by atoms with Gasteiger partial charge >= 0.3 is 18.1 Å². The lowest BCUT2D eigenvalue weighted by Gasteiger charge is -2.17. The first-order valence-electron chi connectivity index (χ1n) is 4.69. The van der Waals surface area contributed by atoms with E-state index >= 15 is 0 Å². The molecule has 1 aliphatic heterocycles. The van der Waals surface area contributed by atoms with Gasteiger partial charge in [-0.3, -0.25) is 4.79 Å². The van der Waals surface area contributed by atoms with Crippen molar-refractivity contribution in [1.29, 1.82) is 0 Å². The van der Waals surface area contributed by atoms with Gasteiger partial charge in [0, 0.05) is 12.8 Å². The molecule has 2 N–H and O–H groups in total. The van der Waals surface area contributed by atoms with Crippen molar-refractivity contribution in [3.8, 4) is 0 Å². The quantitative estimate of drug-likeness (QED) is 0.804. The molecule has 0 bridgehead atoms. The number of oxime groups is 1. The van der Waals surface area contributed by atoms with Gasteiger partial charge in [0.25, 0.3) is 0 Å². The van der Waals surface area contributed by atoms with Crippen LogP contribution in [0, 0.1) is 0 Å². The van der Waals surface area contributed by atoms with Crippen LogP contribution in [0.3, 0.4) is 0 Å². The first kappa shape index (κ1) is 14.7. The number of hydrogen-bond acceptors (Lipinski definition) is 4. The molecule has 0 aromatic rings. The molecule has 1 heterocycles. The maximum absolute atomic E-state index is 12.0. The number of carbonyl (C=O) groups is 2. The number of rotatable bonds is 4. The van der Waals surface area contributed by atoms with E-state index in [4.69, 9.17) is 9.94 Å². The largest absolute Gasteiger partial charge is 0.480 e. The smallest absolute Gasteiger partial charge is 0.471 e. The number of aliphatic carboxylic acids is 1. The van der Waals surface area contributed by atoms with Gasteiger partial charge in [-0.2, -0.15) is 13.2 Å². The van der Waals surface area contributed by atoms with E-state index in [9.17, 15) is 22.8 Å². The van der Waals surface area contributed by atoms with Crippen molar-refractivity contribution in [2.24, 2.45) is 5.16 Å². The van der Waals surface area contributed by atoms with E-state index in [-0.39, 0.29) is 12.8 Å². The molecule has 1 unspecified atom stereocenters. The Balaban J connectivity index is 2.56. The Kier molecular flexibility index (Phi) is 4.54. The SMILES string of the molecule is O=C(O)[C@@H](CC1CC(Br)=NO1)NC(=O)C(F)(F)F. The minimum Gasteiger partial charge on any atom is -0.480 e. The second kappa shape index (κ2) is 5.55. The van der Waals surface area contributed by atoms with E-state index in [1.165, 1.54) is 5.32 Å². The zero-order valence-electron chi connectivity index (χ0n) is 8.70. The van der Waals surface area contributed by atoms with E-state index in [1.807, 2.05) is 0 Å². The van der Waals surface area contributed by atoms with E-state index in [1.54, 1.807) is 0 Å². The molecule has 1 aliphatic rings. The molecule has 2 atom stereocenters. The van der Waals surface area contributed by atoms with Crippen molar-refractivity contribution in [2.45, 2.75) is 31.2 Å². The van der Waals surface area contributed by atoms with Crippen LogP contribution in [0.5, 0.6) is 0 Å². The zero-order chi connectivity index (χ0) is 13.9. The fraction of sp³-hybridized carbons (Fsp3) is 0.625. The van der Waals surface area contributed by atoms with E-state index in [0.29, 0.717) is 4.62 Å². The van der Waals surface area contributed by atoms with Crippen LogP contribution in [0.4, 0.5) is 13.2 Å². The fourth-order valence-corrected chi connectivity index (χ4v) is 1.69. The van der Waals surface area contributed by atoms with Gasteiger partial charge in [0.15, 0.2) is 0 Å². The lowest BCUT2D eigenvalue weighted by Crippen LogP contribution is -2.48. The first-order valence-corrected chi connectivity index (χ1v) is 5.48. The highest BCUT2D eigenvalue weighted by atomic mass is 79.9. The molecule has 6 nitrogen and oxygen atoms in total. The van der Waals surface area contributed by atoms with E-state index < -0.39 is 30.2 Å². The second-order valence-electron chi connectivity index (χ2n) is 3.50. The van der Waals surface area contributed by atoms with Crippen molar-refractivity contribution >= 4 is 32.4 Å². The summed E-state index contributed by atoms with van der Waals surface area (Å²) in [7, 11) is 0. The predicted octanol–water partition coefficient (Wildman–Crippen LogP) is 1.01. The lowest BCUT2D eigenvalue weighted by atomic mass is 10.1. The third-order valence-corrected chi connectivity index (χ3v) is 2.52. The first-order chi connectivity index (χ1) is 8.20. The molecule has 1 amide bonds. The van der Waals surface area contributed by atoms with Gasteiger partial charge < -0.3 is 15.3 Å². The molecule has 0 spiro atoms. The normalized spacial score (nSPS) is 20.9. The number of carboxylic acids is 1. The Hall–Kier alpha value is -1.32. The highest BCUT2D eigenvalue weighted by Gasteiger charge is 2.41. The van der Waals surface area contributed by atoms with Crippen LogP contribution < -0.4 is 5.32 Å². The molecule has 0 fully saturated rings. The van der Waals surface area contributed by atoms with E-state index in [0.717, 1.165) is 0 Å². The molecular formula is C8H8BrF3N2O4. The number of amides is 1. The van der Waals surface area contributed by atoms with Crippen molar-refractivity contribution in [3.05, 3.63) is 0 Å². The third-order valence-electron chi connectivity index (χ3n) is 2.06. The summed E-state index contributed by atoms with van der Waals surface area (Å²) in [5.74, 6) is -3.87. The van der Waals surface area contributed by atoms with Crippen LogP contribution in [0.2, 0.25) is 0 Å².